The molecule has 3 nitrogen and oxygen atoms in total. The molecule has 0 saturated carbocycles. The normalized spacial score (nSPS) is 12.7. The van der Waals surface area contributed by atoms with E-state index in [1.54, 1.807) is 0 Å². The largest absolute Gasteiger partial charge is 0.480 e. The van der Waals surface area contributed by atoms with Crippen molar-refractivity contribution < 1.29 is 9.90 Å². The van der Waals surface area contributed by atoms with Gasteiger partial charge in [0.15, 0.2) is 0 Å². The molecule has 0 bridgehead atoms. The lowest BCUT2D eigenvalue weighted by atomic mass is 9.98. The third-order valence-electron chi connectivity index (χ3n) is 3.45. The van der Waals surface area contributed by atoms with E-state index in [9.17, 15) is 9.90 Å². The fraction of sp³-hybridized carbons (Fsp3) is 0.533. The van der Waals surface area contributed by atoms with Gasteiger partial charge in [-0.1, -0.05) is 45.0 Å². The van der Waals surface area contributed by atoms with E-state index < -0.39 is 12.0 Å². The average Bonchev–Trinajstić information content (AvgIpc) is 2.39. The van der Waals surface area contributed by atoms with Crippen LogP contribution in [0.4, 0.5) is 0 Å². The molecule has 18 heavy (non-hydrogen) atoms. The van der Waals surface area contributed by atoms with Crippen LogP contribution in [0.1, 0.15) is 31.9 Å². The molecule has 0 aromatic heterocycles. The molecule has 1 rings (SSSR count). The van der Waals surface area contributed by atoms with Crippen LogP contribution in [0.3, 0.4) is 0 Å². The van der Waals surface area contributed by atoms with Crippen molar-refractivity contribution in [2.24, 2.45) is 0 Å². The molecule has 0 aliphatic rings. The molecular weight excluding hydrogens is 226 g/mol. The predicted octanol–water partition coefficient (Wildman–Crippen LogP) is 2.59. The lowest BCUT2D eigenvalue weighted by Crippen LogP contribution is -2.42. The summed E-state index contributed by atoms with van der Waals surface area (Å²) in [6.07, 6.45) is 1.53. The van der Waals surface area contributed by atoms with Gasteiger partial charge in [0.1, 0.15) is 6.04 Å². The number of aliphatic carboxylic acids is 1. The highest BCUT2D eigenvalue weighted by molar-refractivity contribution is 5.74. The second kappa shape index (κ2) is 7.17. The van der Waals surface area contributed by atoms with Crippen LogP contribution in [-0.2, 0) is 17.6 Å². The molecule has 1 N–H and O–H groups in total. The molecule has 0 amide bonds. The van der Waals surface area contributed by atoms with Crippen LogP contribution in [0.25, 0.3) is 0 Å². The number of likely N-dealkylation sites (N-methyl/N-ethyl adjacent to an activating group) is 1. The Hall–Kier alpha value is -1.35. The Morgan fingerprint density at radius 2 is 1.72 bits per heavy atom. The van der Waals surface area contributed by atoms with Crippen LogP contribution >= 0.6 is 0 Å². The number of carbonyl (C=O) groups is 1. The number of nitrogens with zero attached hydrogens (tertiary/aromatic N) is 1. The van der Waals surface area contributed by atoms with Gasteiger partial charge < -0.3 is 5.11 Å². The van der Waals surface area contributed by atoms with Crippen molar-refractivity contribution in [3.8, 4) is 0 Å². The first-order valence-electron chi connectivity index (χ1n) is 6.67. The maximum Gasteiger partial charge on any atom is 0.321 e. The van der Waals surface area contributed by atoms with Crippen molar-refractivity contribution in [2.75, 3.05) is 13.1 Å². The van der Waals surface area contributed by atoms with Crippen molar-refractivity contribution in [3.05, 3.63) is 35.4 Å². The molecule has 3 heteroatoms. The number of benzene rings is 1. The zero-order valence-electron chi connectivity index (χ0n) is 11.5. The molecular formula is C15H23NO2. The van der Waals surface area contributed by atoms with Crippen LogP contribution in [-0.4, -0.2) is 35.1 Å². The van der Waals surface area contributed by atoms with E-state index in [4.69, 9.17) is 0 Å². The second-order valence-corrected chi connectivity index (χ2v) is 4.40. The van der Waals surface area contributed by atoms with Crippen molar-refractivity contribution >= 4 is 5.97 Å². The summed E-state index contributed by atoms with van der Waals surface area (Å²) < 4.78 is 0. The molecule has 0 saturated heterocycles. The SMILES string of the molecule is CCc1ccccc1C[C@@H](C(=O)O)N(CC)CC. The van der Waals surface area contributed by atoms with Gasteiger partial charge in [0.25, 0.3) is 0 Å². The molecule has 0 aliphatic carbocycles. The molecule has 0 heterocycles. The first-order chi connectivity index (χ1) is 8.63. The van der Waals surface area contributed by atoms with Gasteiger partial charge in [-0.15, -0.1) is 0 Å². The van der Waals surface area contributed by atoms with Gasteiger partial charge in [0.2, 0.25) is 0 Å². The molecule has 0 fully saturated rings. The summed E-state index contributed by atoms with van der Waals surface area (Å²) in [5.74, 6) is -0.732. The van der Waals surface area contributed by atoms with E-state index in [-0.39, 0.29) is 0 Å². The molecule has 1 aromatic rings. The number of hydrogen-bond acceptors (Lipinski definition) is 2. The summed E-state index contributed by atoms with van der Waals surface area (Å²) in [5.41, 5.74) is 2.40. The van der Waals surface area contributed by atoms with Crippen LogP contribution in [0.5, 0.6) is 0 Å². The highest BCUT2D eigenvalue weighted by Crippen LogP contribution is 2.15. The standard InChI is InChI=1S/C15H23NO2/c1-4-12-9-7-8-10-13(12)11-14(15(17)18)16(5-2)6-3/h7-10,14H,4-6,11H2,1-3H3,(H,17,18)/t14-/m0/s1. The molecule has 0 aliphatic heterocycles. The fourth-order valence-electron chi connectivity index (χ4n) is 2.35. The highest BCUT2D eigenvalue weighted by atomic mass is 16.4. The number of hydrogen-bond donors (Lipinski definition) is 1. The molecule has 0 radical (unpaired) electrons. The number of rotatable bonds is 7. The minimum absolute atomic E-state index is 0.423. The Morgan fingerprint density at radius 1 is 1.17 bits per heavy atom. The lowest BCUT2D eigenvalue weighted by Gasteiger charge is -2.26. The first-order valence-corrected chi connectivity index (χ1v) is 6.67. The molecule has 1 aromatic carbocycles. The summed E-state index contributed by atoms with van der Waals surface area (Å²) in [5, 5.41) is 9.39. The van der Waals surface area contributed by atoms with E-state index in [0.717, 1.165) is 25.1 Å². The Bertz CT molecular complexity index is 386. The smallest absolute Gasteiger partial charge is 0.321 e. The summed E-state index contributed by atoms with van der Waals surface area (Å²) in [4.78, 5) is 13.4. The minimum atomic E-state index is -0.732. The molecule has 1 atom stereocenters. The Kier molecular flexibility index (Phi) is 5.86. The Morgan fingerprint density at radius 3 is 2.17 bits per heavy atom. The van der Waals surface area contributed by atoms with Gasteiger partial charge in [0.05, 0.1) is 0 Å². The van der Waals surface area contributed by atoms with Gasteiger partial charge in [-0.3, -0.25) is 9.69 Å². The van der Waals surface area contributed by atoms with E-state index in [0.29, 0.717) is 6.42 Å². The molecule has 100 valence electrons. The lowest BCUT2D eigenvalue weighted by molar-refractivity contribution is -0.143. The quantitative estimate of drug-likeness (QED) is 0.807. The van der Waals surface area contributed by atoms with Gasteiger partial charge in [-0.25, -0.2) is 0 Å². The van der Waals surface area contributed by atoms with Crippen molar-refractivity contribution in [3.63, 3.8) is 0 Å². The Labute approximate surface area is 109 Å². The van der Waals surface area contributed by atoms with Crippen LogP contribution in [0, 0.1) is 0 Å². The molecule has 0 spiro atoms. The van der Waals surface area contributed by atoms with Crippen molar-refractivity contribution in [2.45, 2.75) is 39.7 Å². The number of carboxylic acid groups (broad SMARTS) is 1. The zero-order chi connectivity index (χ0) is 13.5. The maximum atomic E-state index is 11.4. The van der Waals surface area contributed by atoms with E-state index in [2.05, 4.69) is 13.0 Å². The van der Waals surface area contributed by atoms with Crippen LogP contribution in [0.15, 0.2) is 24.3 Å². The van der Waals surface area contributed by atoms with Crippen molar-refractivity contribution in [1.82, 2.24) is 4.90 Å². The topological polar surface area (TPSA) is 40.5 Å². The van der Waals surface area contributed by atoms with Crippen LogP contribution in [0.2, 0.25) is 0 Å². The van der Waals surface area contributed by atoms with Gasteiger partial charge in [0, 0.05) is 0 Å². The third kappa shape index (κ3) is 3.57. The fourth-order valence-corrected chi connectivity index (χ4v) is 2.35. The van der Waals surface area contributed by atoms with Gasteiger partial charge in [-0.2, -0.15) is 0 Å². The second-order valence-electron chi connectivity index (χ2n) is 4.40. The summed E-state index contributed by atoms with van der Waals surface area (Å²) in [6, 6.07) is 7.69. The van der Waals surface area contributed by atoms with E-state index >= 15 is 0 Å². The molecule has 0 unspecified atom stereocenters. The maximum absolute atomic E-state index is 11.4. The monoisotopic (exact) mass is 249 g/mol. The number of carboxylic acids is 1. The van der Waals surface area contributed by atoms with Gasteiger partial charge >= 0.3 is 5.97 Å². The van der Waals surface area contributed by atoms with E-state index in [1.807, 2.05) is 36.9 Å². The third-order valence-corrected chi connectivity index (χ3v) is 3.45. The van der Waals surface area contributed by atoms with Crippen LogP contribution < -0.4 is 0 Å². The van der Waals surface area contributed by atoms with E-state index in [1.165, 1.54) is 5.56 Å². The number of aryl methyl sites for hydroxylation is 1. The summed E-state index contributed by atoms with van der Waals surface area (Å²) >= 11 is 0. The minimum Gasteiger partial charge on any atom is -0.480 e. The zero-order valence-corrected chi connectivity index (χ0v) is 11.5. The summed E-state index contributed by atoms with van der Waals surface area (Å²) in [6.45, 7) is 7.64. The predicted molar refractivity (Wildman–Crippen MR) is 73.9 cm³/mol. The highest BCUT2D eigenvalue weighted by Gasteiger charge is 2.24. The average molecular weight is 249 g/mol. The Balaban J connectivity index is 2.93. The first kappa shape index (κ1) is 14.7. The van der Waals surface area contributed by atoms with Gasteiger partial charge in [-0.05, 0) is 37.1 Å². The van der Waals surface area contributed by atoms with Crippen molar-refractivity contribution in [1.29, 1.82) is 0 Å². The summed E-state index contributed by atoms with van der Waals surface area (Å²) in [7, 11) is 0.